The molecular formula is C20H18BrFN2O4. The molecule has 146 valence electrons. The molecule has 2 aromatic carbocycles. The van der Waals surface area contributed by atoms with E-state index in [0.717, 1.165) is 5.56 Å². The van der Waals surface area contributed by atoms with E-state index in [4.69, 9.17) is 19.5 Å². The highest BCUT2D eigenvalue weighted by molar-refractivity contribution is 9.10. The molecule has 1 heterocycles. The van der Waals surface area contributed by atoms with Crippen LogP contribution in [0, 0.1) is 17.1 Å². The van der Waals surface area contributed by atoms with Crippen LogP contribution in [0.2, 0.25) is 0 Å². The number of likely N-dealkylation sites (tertiary alicyclic amines) is 1. The van der Waals surface area contributed by atoms with Crippen molar-refractivity contribution in [3.63, 3.8) is 0 Å². The van der Waals surface area contributed by atoms with Crippen LogP contribution < -0.4 is 4.74 Å². The van der Waals surface area contributed by atoms with Gasteiger partial charge in [0.25, 0.3) is 0 Å². The molecule has 1 fully saturated rings. The smallest absolute Gasteiger partial charge is 0.410 e. The number of benzene rings is 2. The molecule has 0 atom stereocenters. The van der Waals surface area contributed by atoms with Gasteiger partial charge in [-0.2, -0.15) is 5.26 Å². The van der Waals surface area contributed by atoms with E-state index in [1.807, 2.05) is 36.4 Å². The van der Waals surface area contributed by atoms with Gasteiger partial charge in [-0.05, 0) is 33.6 Å². The summed E-state index contributed by atoms with van der Waals surface area (Å²) in [4.78, 5) is 13.5. The van der Waals surface area contributed by atoms with E-state index in [1.165, 1.54) is 12.1 Å². The minimum Gasteiger partial charge on any atom is -0.488 e. The van der Waals surface area contributed by atoms with Crippen molar-refractivity contribution < 1.29 is 23.4 Å². The lowest BCUT2D eigenvalue weighted by molar-refractivity contribution is -0.0572. The fraction of sp³-hybridized carbons (Fsp3) is 0.300. The summed E-state index contributed by atoms with van der Waals surface area (Å²) in [7, 11) is 0. The van der Waals surface area contributed by atoms with E-state index in [1.54, 1.807) is 4.90 Å². The quantitative estimate of drug-likeness (QED) is 0.601. The third-order valence-electron chi connectivity index (χ3n) is 4.17. The second kappa shape index (κ2) is 9.53. The van der Waals surface area contributed by atoms with Gasteiger partial charge in [-0.15, -0.1) is 0 Å². The molecule has 1 saturated heterocycles. The molecular weight excluding hydrogens is 431 g/mol. The maximum absolute atomic E-state index is 14.0. The molecule has 3 rings (SSSR count). The van der Waals surface area contributed by atoms with E-state index in [2.05, 4.69) is 15.9 Å². The second-order valence-electron chi connectivity index (χ2n) is 6.14. The number of amides is 1. The van der Waals surface area contributed by atoms with Gasteiger partial charge < -0.3 is 19.1 Å². The van der Waals surface area contributed by atoms with E-state index >= 15 is 0 Å². The van der Waals surface area contributed by atoms with Crippen LogP contribution in [0.5, 0.6) is 5.75 Å². The highest BCUT2D eigenvalue weighted by Gasteiger charge is 2.32. The SMILES string of the molecule is N#Cc1ccc(OCCOC2CN(C(=O)OCc3ccccc3)C2)c(F)c1Br. The van der Waals surface area contributed by atoms with Crippen molar-refractivity contribution in [1.29, 1.82) is 5.26 Å². The molecule has 1 aliphatic heterocycles. The molecule has 1 aliphatic rings. The van der Waals surface area contributed by atoms with Crippen molar-refractivity contribution in [2.75, 3.05) is 26.3 Å². The largest absolute Gasteiger partial charge is 0.488 e. The van der Waals surface area contributed by atoms with Crippen molar-refractivity contribution >= 4 is 22.0 Å². The van der Waals surface area contributed by atoms with E-state index in [-0.39, 0.29) is 47.8 Å². The molecule has 28 heavy (non-hydrogen) atoms. The van der Waals surface area contributed by atoms with Gasteiger partial charge in [-0.3, -0.25) is 0 Å². The van der Waals surface area contributed by atoms with Crippen LogP contribution in [0.25, 0.3) is 0 Å². The maximum atomic E-state index is 14.0. The molecule has 6 nitrogen and oxygen atoms in total. The Hall–Kier alpha value is -2.63. The summed E-state index contributed by atoms with van der Waals surface area (Å²) in [5.41, 5.74) is 1.14. The highest BCUT2D eigenvalue weighted by Crippen LogP contribution is 2.28. The number of carbonyl (C=O) groups is 1. The number of hydrogen-bond acceptors (Lipinski definition) is 5. The minimum atomic E-state index is -0.616. The van der Waals surface area contributed by atoms with Crippen LogP contribution in [0.3, 0.4) is 0 Å². The lowest BCUT2D eigenvalue weighted by atomic mass is 10.2. The summed E-state index contributed by atoms with van der Waals surface area (Å²) in [5, 5.41) is 8.85. The molecule has 1 amide bonds. The number of nitriles is 1. The predicted octanol–water partition coefficient (Wildman–Crippen LogP) is 3.88. The molecule has 0 saturated carbocycles. The Balaban J connectivity index is 1.32. The summed E-state index contributed by atoms with van der Waals surface area (Å²) in [6.07, 6.45) is -0.463. The van der Waals surface area contributed by atoms with Gasteiger partial charge in [0.1, 0.15) is 19.3 Å². The number of rotatable bonds is 7. The third-order valence-corrected chi connectivity index (χ3v) is 4.95. The van der Waals surface area contributed by atoms with Crippen LogP contribution in [-0.4, -0.2) is 43.4 Å². The summed E-state index contributed by atoms with van der Waals surface area (Å²) >= 11 is 3.03. The number of ether oxygens (including phenoxy) is 3. The monoisotopic (exact) mass is 448 g/mol. The van der Waals surface area contributed by atoms with Crippen molar-refractivity contribution in [3.05, 3.63) is 63.9 Å². The van der Waals surface area contributed by atoms with Crippen LogP contribution in [0.15, 0.2) is 46.9 Å². The van der Waals surface area contributed by atoms with E-state index < -0.39 is 5.82 Å². The molecule has 0 aromatic heterocycles. The Morgan fingerprint density at radius 2 is 1.96 bits per heavy atom. The average molecular weight is 449 g/mol. The zero-order valence-corrected chi connectivity index (χ0v) is 16.5. The van der Waals surface area contributed by atoms with Crippen molar-refractivity contribution in [2.45, 2.75) is 12.7 Å². The van der Waals surface area contributed by atoms with Crippen LogP contribution in [0.1, 0.15) is 11.1 Å². The Bertz CT molecular complexity index is 866. The minimum absolute atomic E-state index is 0.0502. The summed E-state index contributed by atoms with van der Waals surface area (Å²) in [5.74, 6) is -0.566. The Morgan fingerprint density at radius 1 is 1.21 bits per heavy atom. The van der Waals surface area contributed by atoms with Crippen molar-refractivity contribution in [2.24, 2.45) is 0 Å². The number of carbonyl (C=O) groups excluding carboxylic acids is 1. The number of halogens is 2. The Kier molecular flexibility index (Phi) is 6.85. The molecule has 8 heteroatoms. The van der Waals surface area contributed by atoms with Gasteiger partial charge in [0.15, 0.2) is 11.6 Å². The van der Waals surface area contributed by atoms with Gasteiger partial charge in [-0.1, -0.05) is 30.3 Å². The zero-order valence-electron chi connectivity index (χ0n) is 14.9. The first-order valence-corrected chi connectivity index (χ1v) is 9.46. The normalized spacial score (nSPS) is 13.5. The maximum Gasteiger partial charge on any atom is 0.410 e. The third kappa shape index (κ3) is 5.00. The number of hydrogen-bond donors (Lipinski definition) is 0. The highest BCUT2D eigenvalue weighted by atomic mass is 79.9. The topological polar surface area (TPSA) is 71.8 Å². The average Bonchev–Trinajstić information content (AvgIpc) is 2.68. The fourth-order valence-electron chi connectivity index (χ4n) is 2.60. The van der Waals surface area contributed by atoms with Crippen LogP contribution in [-0.2, 0) is 16.1 Å². The zero-order chi connectivity index (χ0) is 19.9. The Labute approximate surface area is 170 Å². The first-order chi connectivity index (χ1) is 13.6. The van der Waals surface area contributed by atoms with Crippen LogP contribution >= 0.6 is 15.9 Å². The van der Waals surface area contributed by atoms with E-state index in [0.29, 0.717) is 13.1 Å². The summed E-state index contributed by atoms with van der Waals surface area (Å²) in [6, 6.07) is 14.2. The molecule has 0 N–H and O–H groups in total. The summed E-state index contributed by atoms with van der Waals surface area (Å²) in [6.45, 7) is 1.55. The molecule has 0 radical (unpaired) electrons. The van der Waals surface area contributed by atoms with Gasteiger partial charge in [-0.25, -0.2) is 9.18 Å². The van der Waals surface area contributed by atoms with Gasteiger partial charge in [0, 0.05) is 0 Å². The molecule has 2 aromatic rings. The lowest BCUT2D eigenvalue weighted by Gasteiger charge is -2.37. The molecule has 0 unspecified atom stereocenters. The van der Waals surface area contributed by atoms with E-state index in [9.17, 15) is 9.18 Å². The molecule has 0 aliphatic carbocycles. The molecule has 0 bridgehead atoms. The second-order valence-corrected chi connectivity index (χ2v) is 6.93. The summed E-state index contributed by atoms with van der Waals surface area (Å²) < 4.78 is 30.3. The van der Waals surface area contributed by atoms with Crippen LogP contribution in [0.4, 0.5) is 9.18 Å². The first-order valence-electron chi connectivity index (χ1n) is 8.66. The standard InChI is InChI=1S/C20H18BrFN2O4/c21-18-15(10-23)6-7-17(19(18)22)27-9-8-26-16-11-24(12-16)20(25)28-13-14-4-2-1-3-5-14/h1-7,16H,8-9,11-13H2. The van der Waals surface area contributed by atoms with Crippen molar-refractivity contribution in [1.82, 2.24) is 4.90 Å². The Morgan fingerprint density at radius 3 is 2.68 bits per heavy atom. The fourth-order valence-corrected chi connectivity index (χ4v) is 3.02. The number of nitrogens with zero attached hydrogens (tertiary/aromatic N) is 2. The lowest BCUT2D eigenvalue weighted by Crippen LogP contribution is -2.55. The predicted molar refractivity (Wildman–Crippen MR) is 102 cm³/mol. The van der Waals surface area contributed by atoms with Gasteiger partial charge >= 0.3 is 6.09 Å². The van der Waals surface area contributed by atoms with Gasteiger partial charge in [0.2, 0.25) is 0 Å². The van der Waals surface area contributed by atoms with Crippen molar-refractivity contribution in [3.8, 4) is 11.8 Å². The molecule has 0 spiro atoms. The first kappa shape index (κ1) is 20.1. The van der Waals surface area contributed by atoms with Gasteiger partial charge in [0.05, 0.1) is 35.8 Å².